The molecule has 0 N–H and O–H groups in total. The summed E-state index contributed by atoms with van der Waals surface area (Å²) in [5, 5.41) is 8.86. The van der Waals surface area contributed by atoms with Crippen LogP contribution in [0, 0.1) is 0 Å². The van der Waals surface area contributed by atoms with E-state index in [1.807, 2.05) is 0 Å². The zero-order chi connectivity index (χ0) is 20.5. The second-order valence-electron chi connectivity index (χ2n) is 5.71. The van der Waals surface area contributed by atoms with Crippen molar-refractivity contribution in [3.63, 3.8) is 0 Å². The van der Waals surface area contributed by atoms with Gasteiger partial charge < -0.3 is 0 Å². The van der Waals surface area contributed by atoms with E-state index in [2.05, 4.69) is 15.2 Å². The van der Waals surface area contributed by atoms with Crippen molar-refractivity contribution in [2.24, 2.45) is 12.1 Å². The van der Waals surface area contributed by atoms with Crippen LogP contribution in [0.1, 0.15) is 11.1 Å². The maximum absolute atomic E-state index is 13.2. The van der Waals surface area contributed by atoms with Crippen LogP contribution in [-0.4, -0.2) is 32.6 Å². The summed E-state index contributed by atoms with van der Waals surface area (Å²) in [6.07, 6.45) is -2.00. The fourth-order valence-electron chi connectivity index (χ4n) is 2.52. The number of halogens is 4. The number of hydrogen-bond donors (Lipinski definition) is 0. The molecule has 0 atom stereocenters. The molecule has 1 aromatic carbocycles. The summed E-state index contributed by atoms with van der Waals surface area (Å²) in [5.41, 5.74) is -0.534. The molecular weight excluding hydrogens is 397 g/mol. The Hall–Kier alpha value is -3.14. The molecule has 0 spiro atoms. The zero-order valence-corrected chi connectivity index (χ0v) is 15.5. The lowest BCUT2D eigenvalue weighted by atomic mass is 10.2. The summed E-state index contributed by atoms with van der Waals surface area (Å²) < 4.78 is 41.8. The zero-order valence-electron chi connectivity index (χ0n) is 14.7. The first kappa shape index (κ1) is 19.6. The van der Waals surface area contributed by atoms with Crippen LogP contribution in [0.2, 0.25) is 5.28 Å². The number of hydrazone groups is 1. The molecule has 0 saturated heterocycles. The molecule has 0 aliphatic rings. The van der Waals surface area contributed by atoms with Gasteiger partial charge in [0.15, 0.2) is 5.82 Å². The van der Waals surface area contributed by atoms with Crippen LogP contribution >= 0.6 is 11.6 Å². The van der Waals surface area contributed by atoms with Gasteiger partial charge in [0.05, 0.1) is 17.5 Å². The normalized spacial score (nSPS) is 11.9. The lowest BCUT2D eigenvalue weighted by molar-refractivity contribution is -0.137. The summed E-state index contributed by atoms with van der Waals surface area (Å²) in [6, 6.07) is 8.78. The topological polar surface area (TPSA) is 68.3 Å². The van der Waals surface area contributed by atoms with Gasteiger partial charge in [-0.05, 0) is 29.8 Å². The third-order valence-electron chi connectivity index (χ3n) is 3.83. The molecule has 3 aromatic rings. The molecule has 0 unspecified atom stereocenters. The quantitative estimate of drug-likeness (QED) is 0.489. The number of hydrogen-bond acceptors (Lipinski definition) is 5. The molecule has 146 valence electrons. The second kappa shape index (κ2) is 7.47. The molecule has 28 heavy (non-hydrogen) atoms. The molecule has 0 radical (unpaired) electrons. The Balaban J connectivity index is 2.00. The number of benzene rings is 1. The van der Waals surface area contributed by atoms with Gasteiger partial charge in [0.25, 0.3) is 0 Å². The number of aryl methyl sites for hydroxylation is 1. The van der Waals surface area contributed by atoms with E-state index in [0.717, 1.165) is 15.8 Å². The first-order valence-corrected chi connectivity index (χ1v) is 8.29. The Bertz CT molecular complexity index is 1090. The molecule has 3 rings (SSSR count). The standard InChI is InChI=1S/C17H14ClF3N6O/c1-25(14-12(17(19,20)21)7-5-9-22-14)23-10-11-6-3-4-8-13(11)27-15(18)24-26(2)16(27)28/h3-10H,1-2H3. The van der Waals surface area contributed by atoms with Crippen LogP contribution in [0.4, 0.5) is 19.0 Å². The van der Waals surface area contributed by atoms with Crippen LogP contribution in [0.25, 0.3) is 5.69 Å². The fraction of sp³-hybridized carbons (Fsp3) is 0.176. The lowest BCUT2D eigenvalue weighted by Crippen LogP contribution is -2.22. The molecule has 0 aliphatic heterocycles. The van der Waals surface area contributed by atoms with E-state index in [4.69, 9.17) is 11.6 Å². The summed E-state index contributed by atoms with van der Waals surface area (Å²) in [7, 11) is 2.80. The van der Waals surface area contributed by atoms with E-state index in [0.29, 0.717) is 11.3 Å². The third-order valence-corrected chi connectivity index (χ3v) is 4.08. The van der Waals surface area contributed by atoms with Crippen molar-refractivity contribution in [3.05, 3.63) is 69.5 Å². The SMILES string of the molecule is CN(N=Cc1ccccc1-n1c(Cl)nn(C)c1=O)c1ncccc1C(F)(F)F. The molecular formula is C17H14ClF3N6O. The van der Waals surface area contributed by atoms with Crippen molar-refractivity contribution in [1.29, 1.82) is 0 Å². The van der Waals surface area contributed by atoms with Crippen LogP contribution in [0.15, 0.2) is 52.5 Å². The van der Waals surface area contributed by atoms with Crippen molar-refractivity contribution in [2.75, 3.05) is 12.1 Å². The van der Waals surface area contributed by atoms with E-state index < -0.39 is 17.4 Å². The number of aromatic nitrogens is 4. The third kappa shape index (κ3) is 3.77. The number of para-hydroxylation sites is 1. The minimum atomic E-state index is -4.57. The van der Waals surface area contributed by atoms with Crippen LogP contribution in [-0.2, 0) is 13.2 Å². The van der Waals surface area contributed by atoms with Crippen molar-refractivity contribution < 1.29 is 13.2 Å². The van der Waals surface area contributed by atoms with Crippen molar-refractivity contribution >= 4 is 23.6 Å². The van der Waals surface area contributed by atoms with E-state index in [-0.39, 0.29) is 11.1 Å². The molecule has 0 saturated carbocycles. The van der Waals surface area contributed by atoms with Crippen molar-refractivity contribution in [2.45, 2.75) is 6.18 Å². The predicted molar refractivity (Wildman–Crippen MR) is 99.1 cm³/mol. The van der Waals surface area contributed by atoms with Crippen LogP contribution in [0.3, 0.4) is 0 Å². The Kier molecular flexibility index (Phi) is 5.23. The molecule has 0 aliphatic carbocycles. The van der Waals surface area contributed by atoms with Gasteiger partial charge >= 0.3 is 11.9 Å². The Morgan fingerprint density at radius 2 is 1.93 bits per heavy atom. The first-order valence-electron chi connectivity index (χ1n) is 7.91. The van der Waals surface area contributed by atoms with Gasteiger partial charge in [-0.25, -0.2) is 19.0 Å². The highest BCUT2D eigenvalue weighted by Crippen LogP contribution is 2.34. The molecule has 0 bridgehead atoms. The number of pyridine rings is 1. The molecule has 0 amide bonds. The number of anilines is 1. The second-order valence-corrected chi connectivity index (χ2v) is 6.05. The largest absolute Gasteiger partial charge is 0.420 e. The van der Waals surface area contributed by atoms with E-state index in [1.54, 1.807) is 24.3 Å². The van der Waals surface area contributed by atoms with E-state index in [9.17, 15) is 18.0 Å². The Labute approximate surface area is 162 Å². The van der Waals surface area contributed by atoms with Gasteiger partial charge in [-0.3, -0.25) is 5.01 Å². The van der Waals surface area contributed by atoms with Gasteiger partial charge in [-0.2, -0.15) is 18.3 Å². The van der Waals surface area contributed by atoms with E-state index in [1.165, 1.54) is 37.1 Å². The molecule has 7 nitrogen and oxygen atoms in total. The molecule has 0 fully saturated rings. The first-order chi connectivity index (χ1) is 13.2. The summed E-state index contributed by atoms with van der Waals surface area (Å²) in [5.74, 6) is -0.347. The number of nitrogens with zero attached hydrogens (tertiary/aromatic N) is 6. The molecule has 2 aromatic heterocycles. The summed E-state index contributed by atoms with van der Waals surface area (Å²) in [4.78, 5) is 16.0. The van der Waals surface area contributed by atoms with Gasteiger partial charge in [-0.15, -0.1) is 5.10 Å². The fourth-order valence-corrected chi connectivity index (χ4v) is 2.79. The number of alkyl halides is 3. The molecule has 2 heterocycles. The highest BCUT2D eigenvalue weighted by Gasteiger charge is 2.35. The summed E-state index contributed by atoms with van der Waals surface area (Å²) >= 11 is 6.03. The lowest BCUT2D eigenvalue weighted by Gasteiger charge is -2.17. The van der Waals surface area contributed by atoms with Crippen molar-refractivity contribution in [3.8, 4) is 5.69 Å². The van der Waals surface area contributed by atoms with Crippen LogP contribution in [0.5, 0.6) is 0 Å². The monoisotopic (exact) mass is 410 g/mol. The van der Waals surface area contributed by atoms with Gasteiger partial charge in [-0.1, -0.05) is 18.2 Å². The average molecular weight is 411 g/mol. The van der Waals surface area contributed by atoms with Gasteiger partial charge in [0.1, 0.15) is 0 Å². The maximum Gasteiger partial charge on any atom is 0.420 e. The minimum absolute atomic E-state index is 0.0502. The maximum atomic E-state index is 13.2. The van der Waals surface area contributed by atoms with Crippen molar-refractivity contribution in [1.82, 2.24) is 19.3 Å². The highest BCUT2D eigenvalue weighted by molar-refractivity contribution is 6.28. The summed E-state index contributed by atoms with van der Waals surface area (Å²) in [6.45, 7) is 0. The average Bonchev–Trinajstić information content (AvgIpc) is 2.91. The smallest absolute Gasteiger partial charge is 0.251 e. The number of rotatable bonds is 4. The molecule has 11 heteroatoms. The Morgan fingerprint density at radius 1 is 1.21 bits per heavy atom. The van der Waals surface area contributed by atoms with Gasteiger partial charge in [0.2, 0.25) is 5.28 Å². The minimum Gasteiger partial charge on any atom is -0.251 e. The predicted octanol–water partition coefficient (Wildman–Crippen LogP) is 3.11. The Morgan fingerprint density at radius 3 is 2.57 bits per heavy atom. The van der Waals surface area contributed by atoms with Gasteiger partial charge in [0, 0.05) is 25.9 Å². The van der Waals surface area contributed by atoms with Crippen LogP contribution < -0.4 is 10.7 Å². The highest BCUT2D eigenvalue weighted by atomic mass is 35.5. The van der Waals surface area contributed by atoms with E-state index >= 15 is 0 Å².